The highest BCUT2D eigenvalue weighted by atomic mass is 35.5. The first-order valence-electron chi connectivity index (χ1n) is 13.2. The highest BCUT2D eigenvalue weighted by molar-refractivity contribution is 7.92. The second-order valence-electron chi connectivity index (χ2n) is 9.60. The lowest BCUT2D eigenvalue weighted by Gasteiger charge is -2.34. The minimum absolute atomic E-state index is 0.00829. The van der Waals surface area contributed by atoms with Gasteiger partial charge in [0.25, 0.3) is 5.69 Å². The molecule has 3 aromatic rings. The fraction of sp³-hybridized carbons (Fsp3) is 0.310. The molecule has 43 heavy (non-hydrogen) atoms. The van der Waals surface area contributed by atoms with Crippen LogP contribution in [0, 0.1) is 10.1 Å². The van der Waals surface area contributed by atoms with E-state index in [0.29, 0.717) is 22.8 Å². The predicted molar refractivity (Wildman–Crippen MR) is 166 cm³/mol. The first kappa shape index (κ1) is 33.6. The molecule has 14 heteroatoms. The summed E-state index contributed by atoms with van der Waals surface area (Å²) in [5.41, 5.74) is 0.498. The predicted octanol–water partition coefficient (Wildman–Crippen LogP) is 4.84. The number of nitro benzene ring substituents is 1. The zero-order chi connectivity index (χ0) is 31.7. The summed E-state index contributed by atoms with van der Waals surface area (Å²) < 4.78 is 32.1. The summed E-state index contributed by atoms with van der Waals surface area (Å²) in [7, 11) is -2.93. The number of halogens is 2. The Morgan fingerprint density at radius 2 is 1.70 bits per heavy atom. The molecule has 0 heterocycles. The molecule has 0 bridgehead atoms. The van der Waals surface area contributed by atoms with Crippen molar-refractivity contribution in [2.45, 2.75) is 32.4 Å². The van der Waals surface area contributed by atoms with Crippen LogP contribution in [0.2, 0.25) is 10.0 Å². The molecule has 0 fully saturated rings. The van der Waals surface area contributed by atoms with Gasteiger partial charge in [0.2, 0.25) is 21.8 Å². The standard InChI is InChI=1S/C29H32Cl2N4O7S/c1-4-15-32-29(37)26(16-20-9-6-5-7-10-20)33(18-22-23(30)11-8-12-24(22)31)28(36)19-34(43(3,40)41)25-17-21(35(38)39)13-14-27(25)42-2/h5-14,17,26H,4,15-16,18-19H2,1-3H3,(H,32,37). The SMILES string of the molecule is CCCNC(=O)C(Cc1ccccc1)N(Cc1c(Cl)cccc1Cl)C(=O)CN(c1cc([N+](=O)[O-])ccc1OC)S(C)(=O)=O. The van der Waals surface area contributed by atoms with Gasteiger partial charge in [-0.15, -0.1) is 0 Å². The fourth-order valence-corrected chi connectivity index (χ4v) is 5.72. The lowest BCUT2D eigenvalue weighted by molar-refractivity contribution is -0.384. The Labute approximate surface area is 260 Å². The molecule has 0 aliphatic carbocycles. The monoisotopic (exact) mass is 650 g/mol. The van der Waals surface area contributed by atoms with E-state index in [1.807, 2.05) is 25.1 Å². The van der Waals surface area contributed by atoms with Crippen molar-refractivity contribution in [2.75, 3.05) is 30.8 Å². The number of hydrogen-bond donors (Lipinski definition) is 1. The van der Waals surface area contributed by atoms with E-state index in [2.05, 4.69) is 5.32 Å². The molecule has 0 aliphatic heterocycles. The van der Waals surface area contributed by atoms with Crippen molar-refractivity contribution < 1.29 is 27.7 Å². The van der Waals surface area contributed by atoms with Crippen LogP contribution in [0.5, 0.6) is 5.75 Å². The number of rotatable bonds is 14. The van der Waals surface area contributed by atoms with Gasteiger partial charge in [0.1, 0.15) is 24.0 Å². The minimum Gasteiger partial charge on any atom is -0.495 e. The topological polar surface area (TPSA) is 139 Å². The van der Waals surface area contributed by atoms with Gasteiger partial charge in [-0.1, -0.05) is 66.5 Å². The van der Waals surface area contributed by atoms with Crippen molar-refractivity contribution in [3.8, 4) is 5.75 Å². The number of non-ortho nitro benzene ring substituents is 1. The average molecular weight is 652 g/mol. The number of ether oxygens (including phenoxy) is 1. The molecule has 0 spiro atoms. The highest BCUT2D eigenvalue weighted by Gasteiger charge is 2.34. The summed E-state index contributed by atoms with van der Waals surface area (Å²) in [5, 5.41) is 14.8. The normalized spacial score (nSPS) is 11.8. The Kier molecular flexibility index (Phi) is 11.8. The Morgan fingerprint density at radius 1 is 1.05 bits per heavy atom. The van der Waals surface area contributed by atoms with Crippen molar-refractivity contribution in [1.82, 2.24) is 10.2 Å². The first-order valence-corrected chi connectivity index (χ1v) is 15.8. The van der Waals surface area contributed by atoms with Crippen LogP contribution in [0.4, 0.5) is 11.4 Å². The van der Waals surface area contributed by atoms with E-state index >= 15 is 0 Å². The molecule has 3 rings (SSSR count). The third kappa shape index (κ3) is 8.82. The van der Waals surface area contributed by atoms with Crippen LogP contribution < -0.4 is 14.4 Å². The van der Waals surface area contributed by atoms with E-state index in [0.717, 1.165) is 24.0 Å². The molecule has 230 valence electrons. The smallest absolute Gasteiger partial charge is 0.271 e. The fourth-order valence-electron chi connectivity index (χ4n) is 4.36. The van der Waals surface area contributed by atoms with Crippen LogP contribution in [0.25, 0.3) is 0 Å². The second kappa shape index (κ2) is 15.0. The molecule has 0 aromatic heterocycles. The maximum Gasteiger partial charge on any atom is 0.271 e. The minimum atomic E-state index is -4.20. The molecule has 0 radical (unpaired) electrons. The van der Waals surface area contributed by atoms with Gasteiger partial charge in [0, 0.05) is 47.3 Å². The maximum absolute atomic E-state index is 14.2. The first-order chi connectivity index (χ1) is 20.4. The molecule has 1 atom stereocenters. The largest absolute Gasteiger partial charge is 0.495 e. The number of carbonyl (C=O) groups excluding carboxylic acids is 2. The number of nitro groups is 1. The van der Waals surface area contributed by atoms with Crippen molar-refractivity contribution >= 4 is 56.4 Å². The van der Waals surface area contributed by atoms with Crippen molar-refractivity contribution in [1.29, 1.82) is 0 Å². The molecule has 11 nitrogen and oxygen atoms in total. The number of anilines is 1. The van der Waals surface area contributed by atoms with Crippen LogP contribution in [0.3, 0.4) is 0 Å². The third-order valence-corrected chi connectivity index (χ3v) is 8.37. The Balaban J connectivity index is 2.16. The van der Waals surface area contributed by atoms with Crippen LogP contribution in [0.1, 0.15) is 24.5 Å². The van der Waals surface area contributed by atoms with Gasteiger partial charge < -0.3 is 15.0 Å². The quantitative estimate of drug-likeness (QED) is 0.194. The number of amides is 2. The van der Waals surface area contributed by atoms with Crippen LogP contribution in [-0.4, -0.2) is 62.6 Å². The van der Waals surface area contributed by atoms with E-state index in [1.165, 1.54) is 18.1 Å². The van der Waals surface area contributed by atoms with E-state index in [9.17, 15) is 28.1 Å². The van der Waals surface area contributed by atoms with E-state index in [-0.39, 0.29) is 34.4 Å². The molecule has 0 saturated carbocycles. The summed E-state index contributed by atoms with van der Waals surface area (Å²) in [6.07, 6.45) is 1.61. The number of carbonyl (C=O) groups is 2. The number of nitrogens with zero attached hydrogens (tertiary/aromatic N) is 3. The van der Waals surface area contributed by atoms with Gasteiger partial charge in [-0.25, -0.2) is 8.42 Å². The van der Waals surface area contributed by atoms with Gasteiger partial charge in [-0.3, -0.25) is 24.0 Å². The summed E-state index contributed by atoms with van der Waals surface area (Å²) >= 11 is 12.9. The van der Waals surface area contributed by atoms with E-state index < -0.39 is 45.0 Å². The summed E-state index contributed by atoms with van der Waals surface area (Å²) in [4.78, 5) is 39.8. The molecule has 1 N–H and O–H groups in total. The van der Waals surface area contributed by atoms with Crippen LogP contribution in [0.15, 0.2) is 66.7 Å². The van der Waals surface area contributed by atoms with Crippen molar-refractivity contribution in [2.24, 2.45) is 0 Å². The number of nitrogens with one attached hydrogen (secondary N) is 1. The molecule has 2 amide bonds. The summed E-state index contributed by atoms with van der Waals surface area (Å²) in [6, 6.07) is 16.2. The summed E-state index contributed by atoms with van der Waals surface area (Å²) in [5.74, 6) is -1.24. The number of methoxy groups -OCH3 is 1. The van der Waals surface area contributed by atoms with Crippen molar-refractivity contribution in [3.63, 3.8) is 0 Å². The van der Waals surface area contributed by atoms with Crippen LogP contribution >= 0.6 is 23.2 Å². The average Bonchev–Trinajstić information content (AvgIpc) is 2.97. The Bertz CT molecular complexity index is 1550. The zero-order valence-corrected chi connectivity index (χ0v) is 26.2. The van der Waals surface area contributed by atoms with E-state index in [4.69, 9.17) is 27.9 Å². The van der Waals surface area contributed by atoms with Gasteiger partial charge >= 0.3 is 0 Å². The van der Waals surface area contributed by atoms with Gasteiger partial charge in [0.05, 0.1) is 18.3 Å². The van der Waals surface area contributed by atoms with Gasteiger partial charge in [0.15, 0.2) is 0 Å². The molecule has 0 aliphatic rings. The number of sulfonamides is 1. The highest BCUT2D eigenvalue weighted by Crippen LogP contribution is 2.34. The number of hydrogen-bond acceptors (Lipinski definition) is 7. The van der Waals surface area contributed by atoms with E-state index in [1.54, 1.807) is 30.3 Å². The second-order valence-corrected chi connectivity index (χ2v) is 12.3. The Morgan fingerprint density at radius 3 is 2.26 bits per heavy atom. The zero-order valence-electron chi connectivity index (χ0n) is 23.8. The molecular formula is C29H32Cl2N4O7S. The van der Waals surface area contributed by atoms with Crippen molar-refractivity contribution in [3.05, 3.63) is 98.0 Å². The third-order valence-electron chi connectivity index (χ3n) is 6.53. The molecule has 3 aromatic carbocycles. The van der Waals surface area contributed by atoms with Crippen LogP contribution in [-0.2, 0) is 32.6 Å². The lowest BCUT2D eigenvalue weighted by Crippen LogP contribution is -2.53. The molecular weight excluding hydrogens is 619 g/mol. The van der Waals surface area contributed by atoms with Gasteiger partial charge in [-0.05, 0) is 30.2 Å². The Hall–Kier alpha value is -3.87. The lowest BCUT2D eigenvalue weighted by atomic mass is 10.0. The molecule has 1 unspecified atom stereocenters. The number of benzene rings is 3. The molecule has 0 saturated heterocycles. The summed E-state index contributed by atoms with van der Waals surface area (Å²) in [6.45, 7) is 1.21. The maximum atomic E-state index is 14.2. The van der Waals surface area contributed by atoms with Gasteiger partial charge in [-0.2, -0.15) is 0 Å².